The maximum absolute atomic E-state index is 11.6. The summed E-state index contributed by atoms with van der Waals surface area (Å²) >= 11 is 3.26. The molecule has 0 aromatic carbocycles. The number of hydrogen-bond acceptors (Lipinski definition) is 4. The molecule has 0 aliphatic carbocycles. The Morgan fingerprint density at radius 1 is 1.71 bits per heavy atom. The zero-order chi connectivity index (χ0) is 10.6. The van der Waals surface area contributed by atoms with Crippen LogP contribution in [-0.4, -0.2) is 31.5 Å². The molecule has 1 aromatic heterocycles. The molecular weight excluding hydrogens is 248 g/mol. The number of ether oxygens (including phenoxy) is 1. The molecule has 4 nitrogen and oxygen atoms in total. The highest BCUT2D eigenvalue weighted by Gasteiger charge is 2.10. The van der Waals surface area contributed by atoms with Gasteiger partial charge in [0.2, 0.25) is 5.88 Å². The van der Waals surface area contributed by atoms with Crippen molar-refractivity contribution in [2.45, 2.75) is 0 Å². The van der Waals surface area contributed by atoms with Crippen LogP contribution in [0.5, 0.6) is 5.88 Å². The molecule has 5 heteroatoms. The van der Waals surface area contributed by atoms with E-state index in [1.165, 1.54) is 7.11 Å². The summed E-state index contributed by atoms with van der Waals surface area (Å²) in [6.45, 7) is 0.297. The molecule has 0 bridgehead atoms. The van der Waals surface area contributed by atoms with Gasteiger partial charge in [0.15, 0.2) is 5.78 Å². The number of carbonyl (C=O) groups is 1. The van der Waals surface area contributed by atoms with Crippen LogP contribution in [0, 0.1) is 0 Å². The molecule has 1 N–H and O–H groups in total. The fraction of sp³-hybridized carbons (Fsp3) is 0.333. The van der Waals surface area contributed by atoms with Crippen LogP contribution in [0.3, 0.4) is 0 Å². The number of rotatable bonds is 4. The van der Waals surface area contributed by atoms with Crippen LogP contribution < -0.4 is 10.1 Å². The summed E-state index contributed by atoms with van der Waals surface area (Å²) in [6, 6.07) is 1.61. The van der Waals surface area contributed by atoms with Gasteiger partial charge in [0, 0.05) is 22.3 Å². The summed E-state index contributed by atoms with van der Waals surface area (Å²) in [5.41, 5.74) is 0.575. The fourth-order valence-corrected chi connectivity index (χ4v) is 1.44. The van der Waals surface area contributed by atoms with E-state index in [9.17, 15) is 4.79 Å². The van der Waals surface area contributed by atoms with Gasteiger partial charge in [-0.25, -0.2) is 4.98 Å². The summed E-state index contributed by atoms with van der Waals surface area (Å²) in [5.74, 6) is 0.438. The molecule has 0 amide bonds. The van der Waals surface area contributed by atoms with Crippen molar-refractivity contribution >= 4 is 21.7 Å². The molecule has 0 saturated heterocycles. The fourth-order valence-electron chi connectivity index (χ4n) is 1.00. The van der Waals surface area contributed by atoms with E-state index in [1.807, 2.05) is 0 Å². The maximum Gasteiger partial charge on any atom is 0.213 e. The molecule has 0 radical (unpaired) electrons. The number of carbonyl (C=O) groups excluding carboxylic acids is 1. The summed E-state index contributed by atoms with van der Waals surface area (Å²) in [4.78, 5) is 15.5. The Morgan fingerprint density at radius 2 is 2.43 bits per heavy atom. The summed E-state index contributed by atoms with van der Waals surface area (Å²) in [5, 5.41) is 2.80. The lowest BCUT2D eigenvalue weighted by molar-refractivity contribution is 0.0992. The van der Waals surface area contributed by atoms with Crippen molar-refractivity contribution < 1.29 is 9.53 Å². The first-order valence-corrected chi connectivity index (χ1v) is 4.85. The smallest absolute Gasteiger partial charge is 0.213 e. The third-order valence-corrected chi connectivity index (χ3v) is 2.31. The Bertz CT molecular complexity index is 342. The van der Waals surface area contributed by atoms with Gasteiger partial charge in [0.05, 0.1) is 13.7 Å². The summed E-state index contributed by atoms with van der Waals surface area (Å²) in [6.07, 6.45) is 1.56. The van der Waals surface area contributed by atoms with Crippen LogP contribution in [0.2, 0.25) is 0 Å². The number of nitrogens with one attached hydrogen (secondary N) is 1. The Kier molecular flexibility index (Phi) is 4.03. The predicted molar refractivity (Wildman–Crippen MR) is 56.7 cm³/mol. The minimum atomic E-state index is 0.0000694. The molecule has 0 atom stereocenters. The third kappa shape index (κ3) is 2.52. The van der Waals surface area contributed by atoms with E-state index in [0.29, 0.717) is 22.5 Å². The second-order valence-electron chi connectivity index (χ2n) is 2.66. The van der Waals surface area contributed by atoms with Crippen molar-refractivity contribution in [3.63, 3.8) is 0 Å². The molecule has 0 spiro atoms. The number of hydrogen-bond donors (Lipinski definition) is 1. The number of halogens is 1. The summed E-state index contributed by atoms with van der Waals surface area (Å²) in [7, 11) is 3.24. The zero-order valence-corrected chi connectivity index (χ0v) is 9.59. The molecule has 0 aliphatic rings. The van der Waals surface area contributed by atoms with Gasteiger partial charge in [0.1, 0.15) is 0 Å². The van der Waals surface area contributed by atoms with Gasteiger partial charge < -0.3 is 10.1 Å². The largest absolute Gasteiger partial charge is 0.481 e. The number of ketones is 1. The molecule has 0 fully saturated rings. The first kappa shape index (κ1) is 11.1. The van der Waals surface area contributed by atoms with Gasteiger partial charge in [0.25, 0.3) is 0 Å². The van der Waals surface area contributed by atoms with Crippen molar-refractivity contribution in [2.24, 2.45) is 0 Å². The quantitative estimate of drug-likeness (QED) is 0.827. The second kappa shape index (κ2) is 5.07. The minimum absolute atomic E-state index is 0.0000694. The van der Waals surface area contributed by atoms with Crippen LogP contribution in [0.1, 0.15) is 10.4 Å². The Morgan fingerprint density at radius 3 is 3.00 bits per heavy atom. The van der Waals surface area contributed by atoms with Gasteiger partial charge in [-0.3, -0.25) is 4.79 Å². The van der Waals surface area contributed by atoms with Crippen molar-refractivity contribution in [3.8, 4) is 5.88 Å². The highest BCUT2D eigenvalue weighted by Crippen LogP contribution is 2.19. The van der Waals surface area contributed by atoms with Crippen LogP contribution in [-0.2, 0) is 0 Å². The lowest BCUT2D eigenvalue weighted by Gasteiger charge is -2.04. The number of Topliss-reactive ketones (excluding diaryl/α,β-unsaturated/α-hetero) is 1. The first-order chi connectivity index (χ1) is 6.69. The number of pyridine rings is 1. The lowest BCUT2D eigenvalue weighted by atomic mass is 10.2. The highest BCUT2D eigenvalue weighted by atomic mass is 79.9. The molecular formula is C9H11BrN2O2. The molecule has 14 heavy (non-hydrogen) atoms. The number of nitrogens with zero attached hydrogens (tertiary/aromatic N) is 1. The van der Waals surface area contributed by atoms with E-state index in [1.54, 1.807) is 19.3 Å². The summed E-state index contributed by atoms with van der Waals surface area (Å²) < 4.78 is 5.61. The van der Waals surface area contributed by atoms with Gasteiger partial charge >= 0.3 is 0 Å². The molecule has 0 unspecified atom stereocenters. The molecule has 76 valence electrons. The molecule has 1 rings (SSSR count). The Hall–Kier alpha value is -0.940. The van der Waals surface area contributed by atoms with Crippen molar-refractivity contribution in [1.82, 2.24) is 10.3 Å². The van der Waals surface area contributed by atoms with Gasteiger partial charge in [-0.05, 0) is 23.0 Å². The van der Waals surface area contributed by atoms with Crippen molar-refractivity contribution in [1.29, 1.82) is 0 Å². The first-order valence-electron chi connectivity index (χ1n) is 4.06. The van der Waals surface area contributed by atoms with E-state index in [4.69, 9.17) is 4.74 Å². The van der Waals surface area contributed by atoms with Crippen molar-refractivity contribution in [2.75, 3.05) is 20.7 Å². The number of methoxy groups -OCH3 is 1. The highest BCUT2D eigenvalue weighted by molar-refractivity contribution is 9.10. The molecule has 1 aromatic rings. The Balaban J connectivity index is 2.99. The average molecular weight is 259 g/mol. The normalized spacial score (nSPS) is 9.93. The lowest BCUT2D eigenvalue weighted by Crippen LogP contribution is -2.19. The van der Waals surface area contributed by atoms with Crippen LogP contribution in [0.4, 0.5) is 0 Å². The van der Waals surface area contributed by atoms with E-state index in [0.717, 1.165) is 0 Å². The van der Waals surface area contributed by atoms with E-state index < -0.39 is 0 Å². The maximum atomic E-state index is 11.6. The van der Waals surface area contributed by atoms with E-state index in [2.05, 4.69) is 26.2 Å². The minimum Gasteiger partial charge on any atom is -0.481 e. The predicted octanol–water partition coefficient (Wildman–Crippen LogP) is 1.25. The van der Waals surface area contributed by atoms with Gasteiger partial charge in [-0.1, -0.05) is 0 Å². The standard InChI is InChI=1S/C9H11BrN2O2/c1-11-5-8(13)6-3-9(14-2)12-4-7(6)10/h3-4,11H,5H2,1-2H3. The number of aromatic nitrogens is 1. The van der Waals surface area contributed by atoms with E-state index >= 15 is 0 Å². The number of likely N-dealkylation sites (N-methyl/N-ethyl adjacent to an activating group) is 1. The second-order valence-corrected chi connectivity index (χ2v) is 3.51. The van der Waals surface area contributed by atoms with Crippen LogP contribution >= 0.6 is 15.9 Å². The third-order valence-electron chi connectivity index (χ3n) is 1.68. The van der Waals surface area contributed by atoms with Gasteiger partial charge in [-0.15, -0.1) is 0 Å². The SMILES string of the molecule is CNCC(=O)c1cc(OC)ncc1Br. The monoisotopic (exact) mass is 258 g/mol. The molecule has 1 heterocycles. The molecule has 0 aliphatic heterocycles. The van der Waals surface area contributed by atoms with Crippen LogP contribution in [0.25, 0.3) is 0 Å². The van der Waals surface area contributed by atoms with E-state index in [-0.39, 0.29) is 5.78 Å². The zero-order valence-electron chi connectivity index (χ0n) is 8.00. The topological polar surface area (TPSA) is 51.2 Å². The Labute approximate surface area is 90.8 Å². The van der Waals surface area contributed by atoms with Crippen molar-refractivity contribution in [3.05, 3.63) is 22.3 Å². The molecule has 0 saturated carbocycles. The average Bonchev–Trinajstić information content (AvgIpc) is 2.19. The van der Waals surface area contributed by atoms with Crippen LogP contribution in [0.15, 0.2) is 16.7 Å². The van der Waals surface area contributed by atoms with Gasteiger partial charge in [-0.2, -0.15) is 0 Å².